The number of benzene rings is 2. The first-order chi connectivity index (χ1) is 9.11. The number of hydrogen-bond donors (Lipinski definition) is 2. The average Bonchev–Trinajstić information content (AvgIpc) is 2.42. The number of nitrogens with one attached hydrogen (secondary N) is 1. The molecule has 0 saturated carbocycles. The minimum absolute atomic E-state index is 0.0606. The first-order valence-corrected chi connectivity index (χ1v) is 6.26. The molecule has 0 fully saturated rings. The maximum absolute atomic E-state index is 12.1. The number of amides is 1. The maximum Gasteiger partial charge on any atom is 0.257 e. The molecule has 0 aliphatic rings. The molecule has 4 heteroatoms. The van der Waals surface area contributed by atoms with E-state index in [0.29, 0.717) is 16.3 Å². The zero-order chi connectivity index (χ0) is 13.8. The van der Waals surface area contributed by atoms with Gasteiger partial charge in [-0.05, 0) is 36.2 Å². The van der Waals surface area contributed by atoms with Crippen molar-refractivity contribution < 1.29 is 9.90 Å². The van der Waals surface area contributed by atoms with E-state index in [1.165, 1.54) is 0 Å². The van der Waals surface area contributed by atoms with Crippen molar-refractivity contribution in [3.63, 3.8) is 0 Å². The molecule has 1 amide bonds. The maximum atomic E-state index is 12.1. The summed E-state index contributed by atoms with van der Waals surface area (Å²) in [7, 11) is 0. The molecule has 0 spiro atoms. The lowest BCUT2D eigenvalue weighted by molar-refractivity contribution is 0.102. The van der Waals surface area contributed by atoms with E-state index < -0.39 is 0 Å². The third-order valence-corrected chi connectivity index (χ3v) is 3.31. The Balaban J connectivity index is 2.23. The standard InChI is InChI=1S/C15H14ClNO2/c1-10-4-2-7-13(14(10)16)15(19)17-12-6-3-5-11(8-12)9-18/h2-8,18H,9H2,1H3,(H,17,19). The summed E-state index contributed by atoms with van der Waals surface area (Å²) in [5.74, 6) is -0.260. The van der Waals surface area contributed by atoms with Crippen molar-refractivity contribution in [1.29, 1.82) is 0 Å². The third kappa shape index (κ3) is 3.13. The Labute approximate surface area is 116 Å². The van der Waals surface area contributed by atoms with Crippen molar-refractivity contribution in [3.05, 3.63) is 64.2 Å². The second kappa shape index (κ2) is 5.87. The van der Waals surface area contributed by atoms with Crippen LogP contribution in [0.3, 0.4) is 0 Å². The quantitative estimate of drug-likeness (QED) is 0.902. The van der Waals surface area contributed by atoms with E-state index >= 15 is 0 Å². The van der Waals surface area contributed by atoms with Gasteiger partial charge in [0.15, 0.2) is 0 Å². The second-order valence-electron chi connectivity index (χ2n) is 4.25. The van der Waals surface area contributed by atoms with Crippen LogP contribution in [0.25, 0.3) is 0 Å². The normalized spacial score (nSPS) is 10.3. The van der Waals surface area contributed by atoms with E-state index in [2.05, 4.69) is 5.32 Å². The smallest absolute Gasteiger partial charge is 0.257 e. The Morgan fingerprint density at radius 3 is 2.74 bits per heavy atom. The lowest BCUT2D eigenvalue weighted by Crippen LogP contribution is -2.13. The summed E-state index contributed by atoms with van der Waals surface area (Å²) in [6.07, 6.45) is 0. The molecule has 0 heterocycles. The molecule has 2 N–H and O–H groups in total. The molecule has 98 valence electrons. The Hall–Kier alpha value is -1.84. The van der Waals surface area contributed by atoms with Crippen LogP contribution in [-0.4, -0.2) is 11.0 Å². The monoisotopic (exact) mass is 275 g/mol. The Bertz CT molecular complexity index is 611. The summed E-state index contributed by atoms with van der Waals surface area (Å²) >= 11 is 6.11. The predicted octanol–water partition coefficient (Wildman–Crippen LogP) is 3.39. The van der Waals surface area contributed by atoms with Crippen molar-refractivity contribution in [2.45, 2.75) is 13.5 Å². The van der Waals surface area contributed by atoms with Gasteiger partial charge in [-0.1, -0.05) is 35.9 Å². The molecular weight excluding hydrogens is 262 g/mol. The fourth-order valence-electron chi connectivity index (χ4n) is 1.77. The number of carbonyl (C=O) groups excluding carboxylic acids is 1. The summed E-state index contributed by atoms with van der Waals surface area (Å²) in [6, 6.07) is 12.4. The average molecular weight is 276 g/mol. The van der Waals surface area contributed by atoms with Crippen molar-refractivity contribution in [2.75, 3.05) is 5.32 Å². The highest BCUT2D eigenvalue weighted by Crippen LogP contribution is 2.21. The van der Waals surface area contributed by atoms with E-state index in [1.54, 1.807) is 36.4 Å². The Kier molecular flexibility index (Phi) is 4.20. The molecule has 2 rings (SSSR count). The van der Waals surface area contributed by atoms with E-state index in [9.17, 15) is 4.79 Å². The molecule has 2 aromatic rings. The summed E-state index contributed by atoms with van der Waals surface area (Å²) < 4.78 is 0. The molecule has 0 unspecified atom stereocenters. The molecular formula is C15H14ClNO2. The summed E-state index contributed by atoms with van der Waals surface area (Å²) in [4.78, 5) is 12.1. The molecule has 2 aromatic carbocycles. The molecule has 0 atom stereocenters. The Morgan fingerprint density at radius 2 is 2.00 bits per heavy atom. The first kappa shape index (κ1) is 13.6. The number of rotatable bonds is 3. The highest BCUT2D eigenvalue weighted by molar-refractivity contribution is 6.35. The lowest BCUT2D eigenvalue weighted by atomic mass is 10.1. The van der Waals surface area contributed by atoms with Gasteiger partial charge in [-0.2, -0.15) is 0 Å². The van der Waals surface area contributed by atoms with Crippen LogP contribution in [0.2, 0.25) is 5.02 Å². The van der Waals surface area contributed by atoms with Gasteiger partial charge in [-0.25, -0.2) is 0 Å². The third-order valence-electron chi connectivity index (χ3n) is 2.80. The number of hydrogen-bond acceptors (Lipinski definition) is 2. The van der Waals surface area contributed by atoms with E-state index in [-0.39, 0.29) is 12.5 Å². The van der Waals surface area contributed by atoms with Gasteiger partial charge in [-0.3, -0.25) is 4.79 Å². The van der Waals surface area contributed by atoms with Crippen LogP contribution in [0.1, 0.15) is 21.5 Å². The van der Waals surface area contributed by atoms with Gasteiger partial charge in [0.05, 0.1) is 17.2 Å². The Morgan fingerprint density at radius 1 is 1.26 bits per heavy atom. The zero-order valence-corrected chi connectivity index (χ0v) is 11.2. The molecule has 0 bridgehead atoms. The van der Waals surface area contributed by atoms with Gasteiger partial charge in [0.25, 0.3) is 5.91 Å². The molecule has 0 radical (unpaired) electrons. The van der Waals surface area contributed by atoms with E-state index in [4.69, 9.17) is 16.7 Å². The number of aliphatic hydroxyl groups is 1. The summed E-state index contributed by atoms with van der Waals surface area (Å²) in [6.45, 7) is 1.79. The molecule has 0 aliphatic carbocycles. The van der Waals surface area contributed by atoms with Crippen molar-refractivity contribution in [2.24, 2.45) is 0 Å². The van der Waals surface area contributed by atoms with Gasteiger partial charge >= 0.3 is 0 Å². The van der Waals surface area contributed by atoms with Gasteiger partial charge in [0, 0.05) is 5.69 Å². The number of aryl methyl sites for hydroxylation is 1. The minimum atomic E-state index is -0.260. The number of anilines is 1. The topological polar surface area (TPSA) is 49.3 Å². The largest absolute Gasteiger partial charge is 0.392 e. The van der Waals surface area contributed by atoms with Gasteiger partial charge in [0.2, 0.25) is 0 Å². The second-order valence-corrected chi connectivity index (χ2v) is 4.63. The van der Waals surface area contributed by atoms with Crippen LogP contribution in [0.4, 0.5) is 5.69 Å². The van der Waals surface area contributed by atoms with Crippen LogP contribution in [0.5, 0.6) is 0 Å². The first-order valence-electron chi connectivity index (χ1n) is 5.88. The molecule has 19 heavy (non-hydrogen) atoms. The molecule has 3 nitrogen and oxygen atoms in total. The summed E-state index contributed by atoms with van der Waals surface area (Å²) in [5, 5.41) is 12.3. The minimum Gasteiger partial charge on any atom is -0.392 e. The van der Waals surface area contributed by atoms with Gasteiger partial charge in [0.1, 0.15) is 0 Å². The lowest BCUT2D eigenvalue weighted by Gasteiger charge is -2.09. The van der Waals surface area contributed by atoms with Crippen LogP contribution in [-0.2, 0) is 6.61 Å². The SMILES string of the molecule is Cc1cccc(C(=O)Nc2cccc(CO)c2)c1Cl. The van der Waals surface area contributed by atoms with Crippen LogP contribution < -0.4 is 5.32 Å². The van der Waals surface area contributed by atoms with Crippen LogP contribution in [0.15, 0.2) is 42.5 Å². The summed E-state index contributed by atoms with van der Waals surface area (Å²) in [5.41, 5.74) is 2.68. The van der Waals surface area contributed by atoms with E-state index in [1.807, 2.05) is 13.0 Å². The molecule has 0 aromatic heterocycles. The van der Waals surface area contributed by atoms with E-state index in [0.717, 1.165) is 11.1 Å². The fraction of sp³-hybridized carbons (Fsp3) is 0.133. The molecule has 0 aliphatic heterocycles. The molecule has 0 saturated heterocycles. The number of halogens is 1. The van der Waals surface area contributed by atoms with Crippen LogP contribution in [0, 0.1) is 6.92 Å². The number of aliphatic hydroxyl groups excluding tert-OH is 1. The van der Waals surface area contributed by atoms with Gasteiger partial charge in [-0.15, -0.1) is 0 Å². The fourth-order valence-corrected chi connectivity index (χ4v) is 1.98. The van der Waals surface area contributed by atoms with Crippen molar-refractivity contribution >= 4 is 23.2 Å². The van der Waals surface area contributed by atoms with Crippen LogP contribution >= 0.6 is 11.6 Å². The van der Waals surface area contributed by atoms with Crippen molar-refractivity contribution in [1.82, 2.24) is 0 Å². The predicted molar refractivity (Wildman–Crippen MR) is 76.5 cm³/mol. The number of carbonyl (C=O) groups is 1. The zero-order valence-electron chi connectivity index (χ0n) is 10.5. The van der Waals surface area contributed by atoms with Crippen molar-refractivity contribution in [3.8, 4) is 0 Å². The van der Waals surface area contributed by atoms with Gasteiger partial charge < -0.3 is 10.4 Å². The highest BCUT2D eigenvalue weighted by Gasteiger charge is 2.11. The highest BCUT2D eigenvalue weighted by atomic mass is 35.5.